The first-order valence-electron chi connectivity index (χ1n) is 11.6. The van der Waals surface area contributed by atoms with Gasteiger partial charge in [-0.15, -0.1) is 0 Å². The van der Waals surface area contributed by atoms with Gasteiger partial charge in [-0.2, -0.15) is 5.26 Å². The maximum atomic E-state index is 13.1. The second kappa shape index (κ2) is 9.61. The fourth-order valence-corrected chi connectivity index (χ4v) is 4.39. The Morgan fingerprint density at radius 1 is 1.15 bits per heavy atom. The third kappa shape index (κ3) is 4.13. The SMILES string of the molecule is CCCNc1cc(Nc2ccc(C(=O)N3CCOCC3)c3c2OCCO3)nc2c1C(C#N)=CC2. The first kappa shape index (κ1) is 22.0. The minimum absolute atomic E-state index is 0.0894. The summed E-state index contributed by atoms with van der Waals surface area (Å²) in [5.74, 6) is 1.50. The highest BCUT2D eigenvalue weighted by molar-refractivity contribution is 5.99. The quantitative estimate of drug-likeness (QED) is 0.674. The van der Waals surface area contributed by atoms with Gasteiger partial charge in [0.2, 0.25) is 0 Å². The molecule has 9 heteroatoms. The molecule has 1 aliphatic carbocycles. The summed E-state index contributed by atoms with van der Waals surface area (Å²) >= 11 is 0. The van der Waals surface area contributed by atoms with E-state index in [9.17, 15) is 10.1 Å². The number of rotatable bonds is 6. The maximum Gasteiger partial charge on any atom is 0.257 e. The summed E-state index contributed by atoms with van der Waals surface area (Å²) in [7, 11) is 0. The van der Waals surface area contributed by atoms with Crippen LogP contribution in [0.4, 0.5) is 17.2 Å². The van der Waals surface area contributed by atoms with E-state index in [1.165, 1.54) is 0 Å². The number of benzene rings is 1. The van der Waals surface area contributed by atoms with Crippen LogP contribution in [0.2, 0.25) is 0 Å². The molecule has 0 unspecified atom stereocenters. The molecule has 1 amide bonds. The summed E-state index contributed by atoms with van der Waals surface area (Å²) in [6.45, 7) is 5.84. The molecule has 1 fully saturated rings. The van der Waals surface area contributed by atoms with Crippen LogP contribution in [0, 0.1) is 11.3 Å². The predicted molar refractivity (Wildman–Crippen MR) is 128 cm³/mol. The minimum Gasteiger partial charge on any atom is -0.485 e. The van der Waals surface area contributed by atoms with E-state index in [2.05, 4.69) is 23.6 Å². The van der Waals surface area contributed by atoms with Crippen molar-refractivity contribution < 1.29 is 19.0 Å². The standard InChI is InChI=1S/C25H27N5O4/c1-2-7-27-20-14-21(28-18-5-3-16(15-26)22(18)20)29-19-6-4-17(23-24(19)34-13-12-33-23)25(31)30-8-10-32-11-9-30/h3-4,6,14H,2,5,7-13H2,1H3,(H2,27,28,29). The van der Waals surface area contributed by atoms with Gasteiger partial charge < -0.3 is 29.7 Å². The van der Waals surface area contributed by atoms with E-state index in [0.29, 0.717) is 80.1 Å². The number of hydrogen-bond acceptors (Lipinski definition) is 8. The number of nitrogens with zero attached hydrogens (tertiary/aromatic N) is 3. The van der Waals surface area contributed by atoms with Gasteiger partial charge in [0.1, 0.15) is 19.0 Å². The molecule has 0 radical (unpaired) electrons. The monoisotopic (exact) mass is 461 g/mol. The average Bonchev–Trinajstić information content (AvgIpc) is 3.31. The van der Waals surface area contributed by atoms with E-state index >= 15 is 0 Å². The van der Waals surface area contributed by atoms with Crippen LogP contribution in [-0.4, -0.2) is 61.9 Å². The van der Waals surface area contributed by atoms with Gasteiger partial charge in [0.05, 0.1) is 41.8 Å². The van der Waals surface area contributed by atoms with Gasteiger partial charge in [0, 0.05) is 43.4 Å². The highest BCUT2D eigenvalue weighted by atomic mass is 16.6. The summed E-state index contributed by atoms with van der Waals surface area (Å²) < 4.78 is 17.2. The van der Waals surface area contributed by atoms with Crippen LogP contribution >= 0.6 is 0 Å². The number of carbonyl (C=O) groups is 1. The number of carbonyl (C=O) groups excluding carboxylic acids is 1. The Morgan fingerprint density at radius 2 is 1.94 bits per heavy atom. The molecular formula is C25H27N5O4. The second-order valence-electron chi connectivity index (χ2n) is 8.28. The number of nitrogens with one attached hydrogen (secondary N) is 2. The third-order valence-corrected chi connectivity index (χ3v) is 6.03. The van der Waals surface area contributed by atoms with Crippen LogP contribution in [0.1, 0.15) is 35.0 Å². The van der Waals surface area contributed by atoms with Crippen LogP contribution in [-0.2, 0) is 11.2 Å². The molecule has 176 valence electrons. The Labute approximate surface area is 198 Å². The normalized spacial score (nSPS) is 16.4. The Hall–Kier alpha value is -3.77. The Morgan fingerprint density at radius 3 is 2.71 bits per heavy atom. The average molecular weight is 462 g/mol. The smallest absolute Gasteiger partial charge is 0.257 e. The topological polar surface area (TPSA) is 109 Å². The first-order chi connectivity index (χ1) is 16.7. The fourth-order valence-electron chi connectivity index (χ4n) is 4.39. The second-order valence-corrected chi connectivity index (χ2v) is 8.28. The van der Waals surface area contributed by atoms with Crippen molar-refractivity contribution in [2.75, 3.05) is 56.7 Å². The Kier molecular flexibility index (Phi) is 6.23. The summed E-state index contributed by atoms with van der Waals surface area (Å²) in [5, 5.41) is 16.3. The van der Waals surface area contributed by atoms with E-state index in [4.69, 9.17) is 19.2 Å². The van der Waals surface area contributed by atoms with Crippen LogP contribution in [0.5, 0.6) is 11.5 Å². The van der Waals surface area contributed by atoms with Crippen molar-refractivity contribution in [3.8, 4) is 17.6 Å². The maximum absolute atomic E-state index is 13.1. The number of anilines is 3. The Balaban J connectivity index is 1.47. The summed E-state index contributed by atoms with van der Waals surface area (Å²) in [6.07, 6.45) is 3.48. The largest absolute Gasteiger partial charge is 0.485 e. The van der Waals surface area contributed by atoms with E-state index in [1.807, 2.05) is 18.2 Å². The lowest BCUT2D eigenvalue weighted by molar-refractivity contribution is 0.0298. The van der Waals surface area contributed by atoms with Crippen molar-refractivity contribution in [3.63, 3.8) is 0 Å². The van der Waals surface area contributed by atoms with Crippen molar-refractivity contribution in [1.29, 1.82) is 5.26 Å². The van der Waals surface area contributed by atoms with Crippen molar-refractivity contribution >= 4 is 28.7 Å². The van der Waals surface area contributed by atoms with Gasteiger partial charge in [0.25, 0.3) is 5.91 Å². The molecule has 9 nitrogen and oxygen atoms in total. The Bertz CT molecular complexity index is 1180. The lowest BCUT2D eigenvalue weighted by Gasteiger charge is -2.29. The van der Waals surface area contributed by atoms with Gasteiger partial charge >= 0.3 is 0 Å². The number of nitriles is 1. The molecule has 2 aliphatic heterocycles. The molecule has 0 saturated carbocycles. The molecule has 0 bridgehead atoms. The first-order valence-corrected chi connectivity index (χ1v) is 11.6. The van der Waals surface area contributed by atoms with E-state index < -0.39 is 0 Å². The molecule has 2 N–H and O–H groups in total. The number of fused-ring (bicyclic) bond motifs is 2. The van der Waals surface area contributed by atoms with Crippen molar-refractivity contribution in [2.24, 2.45) is 0 Å². The predicted octanol–water partition coefficient (Wildman–Crippen LogP) is 3.35. The lowest BCUT2D eigenvalue weighted by atomic mass is 10.1. The van der Waals surface area contributed by atoms with Gasteiger partial charge in [-0.3, -0.25) is 4.79 Å². The number of hydrogen-bond donors (Lipinski definition) is 2. The van der Waals surface area contributed by atoms with Crippen molar-refractivity contribution in [3.05, 3.63) is 41.1 Å². The molecule has 0 atom stereocenters. The molecule has 3 aliphatic rings. The fraction of sp³-hybridized carbons (Fsp3) is 0.400. The van der Waals surface area contributed by atoms with Crippen LogP contribution in [0.15, 0.2) is 24.3 Å². The number of allylic oxidation sites excluding steroid dienone is 2. The zero-order valence-corrected chi connectivity index (χ0v) is 19.1. The highest BCUT2D eigenvalue weighted by Gasteiger charge is 2.28. The van der Waals surface area contributed by atoms with Crippen molar-refractivity contribution in [1.82, 2.24) is 9.88 Å². The number of aromatic nitrogens is 1. The molecular weight excluding hydrogens is 434 g/mol. The van der Waals surface area contributed by atoms with Gasteiger partial charge in [0.15, 0.2) is 11.5 Å². The number of morpholine rings is 1. The third-order valence-electron chi connectivity index (χ3n) is 6.03. The van der Waals surface area contributed by atoms with Gasteiger partial charge in [-0.05, 0) is 18.6 Å². The van der Waals surface area contributed by atoms with E-state index in [0.717, 1.165) is 29.9 Å². The molecule has 1 saturated heterocycles. The number of ether oxygens (including phenoxy) is 3. The lowest BCUT2D eigenvalue weighted by Crippen LogP contribution is -2.41. The molecule has 2 aromatic rings. The van der Waals surface area contributed by atoms with Gasteiger partial charge in [-0.25, -0.2) is 4.98 Å². The zero-order valence-electron chi connectivity index (χ0n) is 19.1. The minimum atomic E-state index is -0.0894. The van der Waals surface area contributed by atoms with Gasteiger partial charge in [-0.1, -0.05) is 13.0 Å². The molecule has 1 aromatic heterocycles. The van der Waals surface area contributed by atoms with Crippen molar-refractivity contribution in [2.45, 2.75) is 19.8 Å². The summed E-state index contributed by atoms with van der Waals surface area (Å²) in [5.41, 5.74) is 4.41. The van der Waals surface area contributed by atoms with Crippen LogP contribution in [0.3, 0.4) is 0 Å². The number of amides is 1. The number of pyridine rings is 1. The molecule has 1 aromatic carbocycles. The highest BCUT2D eigenvalue weighted by Crippen LogP contribution is 2.43. The van der Waals surface area contributed by atoms with E-state index in [1.54, 1.807) is 11.0 Å². The van der Waals surface area contributed by atoms with Crippen LogP contribution in [0.25, 0.3) is 5.57 Å². The summed E-state index contributed by atoms with van der Waals surface area (Å²) in [6, 6.07) is 7.78. The molecule has 0 spiro atoms. The van der Waals surface area contributed by atoms with Crippen LogP contribution < -0.4 is 20.1 Å². The molecule has 34 heavy (non-hydrogen) atoms. The molecule has 3 heterocycles. The molecule has 5 rings (SSSR count). The zero-order chi connectivity index (χ0) is 23.5. The van der Waals surface area contributed by atoms with E-state index in [-0.39, 0.29) is 5.91 Å². The summed E-state index contributed by atoms with van der Waals surface area (Å²) in [4.78, 5) is 19.7.